The predicted molar refractivity (Wildman–Crippen MR) is 130 cm³/mol. The summed E-state index contributed by atoms with van der Waals surface area (Å²) < 4.78 is 27.9. The van der Waals surface area contributed by atoms with Crippen molar-refractivity contribution >= 4 is 28.5 Å². The average molecular weight is 474 g/mol. The lowest BCUT2D eigenvalue weighted by Crippen LogP contribution is -1.99. The summed E-state index contributed by atoms with van der Waals surface area (Å²) in [7, 11) is 0. The molecule has 0 unspecified atom stereocenters. The van der Waals surface area contributed by atoms with Crippen LogP contribution in [-0.2, 0) is 6.42 Å². The number of hydrogen-bond donors (Lipinski definition) is 2. The van der Waals surface area contributed by atoms with Gasteiger partial charge in [-0.15, -0.1) is 0 Å². The lowest BCUT2D eigenvalue weighted by Gasteiger charge is -2.12. The van der Waals surface area contributed by atoms with Gasteiger partial charge in [0.05, 0.1) is 0 Å². The summed E-state index contributed by atoms with van der Waals surface area (Å²) in [5, 5.41) is 11.3. The number of nitrogens with one attached hydrogen (secondary N) is 1. The van der Waals surface area contributed by atoms with E-state index >= 15 is 0 Å². The fourth-order valence-electron chi connectivity index (χ4n) is 4.37. The predicted octanol–water partition coefficient (Wildman–Crippen LogP) is 7.72. The zero-order chi connectivity index (χ0) is 23.8. The number of hydrogen-bond acceptors (Lipinski definition) is 1. The first-order valence-electron chi connectivity index (χ1n) is 10.6. The molecule has 1 aromatic heterocycles. The minimum Gasteiger partial charge on any atom is -0.477 e. The number of aromatic amines is 1. The molecule has 5 aromatic rings. The third kappa shape index (κ3) is 4.18. The molecule has 3 nitrogen and oxygen atoms in total. The number of carboxylic acids is 1. The molecule has 4 aromatic carbocycles. The molecule has 168 valence electrons. The van der Waals surface area contributed by atoms with Crippen LogP contribution in [0, 0.1) is 11.6 Å². The Hall–Kier alpha value is -3.96. The van der Waals surface area contributed by atoms with E-state index in [4.69, 9.17) is 11.6 Å². The van der Waals surface area contributed by atoms with Crippen LogP contribution in [0.5, 0.6) is 0 Å². The molecule has 1 heterocycles. The van der Waals surface area contributed by atoms with Crippen LogP contribution in [-0.4, -0.2) is 16.1 Å². The third-order valence-electron chi connectivity index (χ3n) is 5.74. The lowest BCUT2D eigenvalue weighted by molar-refractivity contribution is 0.0692. The van der Waals surface area contributed by atoms with Crippen LogP contribution in [0.15, 0.2) is 84.9 Å². The second-order valence-electron chi connectivity index (χ2n) is 8.07. The van der Waals surface area contributed by atoms with E-state index in [0.29, 0.717) is 33.7 Å². The second kappa shape index (κ2) is 8.76. The standard InChI is InChI=1S/C28H18ClF2NO2/c29-21-8-4-5-16(10-21)9-20-11-18(19-12-22(30)15-23(31)13-19)14-24-25(20)26(27(32-24)28(33)34)17-6-2-1-3-7-17/h1-8,10-15,32H,9H2,(H,33,34). The normalized spacial score (nSPS) is 11.1. The van der Waals surface area contributed by atoms with Crippen LogP contribution >= 0.6 is 11.6 Å². The van der Waals surface area contributed by atoms with Gasteiger partial charge in [-0.25, -0.2) is 13.6 Å². The van der Waals surface area contributed by atoms with Crippen LogP contribution in [0.3, 0.4) is 0 Å². The highest BCUT2D eigenvalue weighted by atomic mass is 35.5. The summed E-state index contributed by atoms with van der Waals surface area (Å²) in [6.07, 6.45) is 0.444. The van der Waals surface area contributed by atoms with Crippen molar-refractivity contribution in [2.24, 2.45) is 0 Å². The zero-order valence-corrected chi connectivity index (χ0v) is 18.5. The SMILES string of the molecule is O=C(O)c1[nH]c2cc(-c3cc(F)cc(F)c3)cc(Cc3cccc(Cl)c3)c2c1-c1ccccc1. The summed E-state index contributed by atoms with van der Waals surface area (Å²) in [6.45, 7) is 0. The number of carboxylic acid groups (broad SMARTS) is 1. The monoisotopic (exact) mass is 473 g/mol. The third-order valence-corrected chi connectivity index (χ3v) is 5.97. The molecule has 0 bridgehead atoms. The first kappa shape index (κ1) is 21.9. The van der Waals surface area contributed by atoms with Crippen molar-refractivity contribution in [2.75, 3.05) is 0 Å². The number of carbonyl (C=O) groups is 1. The van der Waals surface area contributed by atoms with E-state index in [1.54, 1.807) is 12.1 Å². The average Bonchev–Trinajstić information content (AvgIpc) is 3.19. The maximum atomic E-state index is 14.0. The van der Waals surface area contributed by atoms with Crippen molar-refractivity contribution in [3.63, 3.8) is 0 Å². The van der Waals surface area contributed by atoms with Crippen LogP contribution in [0.2, 0.25) is 5.02 Å². The molecule has 0 amide bonds. The van der Waals surface area contributed by atoms with E-state index in [1.807, 2.05) is 54.6 Å². The Balaban J connectivity index is 1.82. The quantitative estimate of drug-likeness (QED) is 0.274. The molecule has 0 fully saturated rings. The van der Waals surface area contributed by atoms with Gasteiger partial charge in [0.15, 0.2) is 0 Å². The van der Waals surface area contributed by atoms with Gasteiger partial charge in [0, 0.05) is 27.6 Å². The van der Waals surface area contributed by atoms with Gasteiger partial charge < -0.3 is 10.1 Å². The lowest BCUT2D eigenvalue weighted by atomic mass is 9.92. The maximum Gasteiger partial charge on any atom is 0.352 e. The molecule has 5 rings (SSSR count). The van der Waals surface area contributed by atoms with E-state index in [0.717, 1.165) is 28.1 Å². The largest absolute Gasteiger partial charge is 0.477 e. The van der Waals surface area contributed by atoms with Crippen molar-refractivity contribution < 1.29 is 18.7 Å². The van der Waals surface area contributed by atoms with Gasteiger partial charge >= 0.3 is 5.97 Å². The topological polar surface area (TPSA) is 53.1 Å². The van der Waals surface area contributed by atoms with Gasteiger partial charge in [-0.2, -0.15) is 0 Å². The zero-order valence-electron chi connectivity index (χ0n) is 17.8. The van der Waals surface area contributed by atoms with Gasteiger partial charge in [0.1, 0.15) is 17.3 Å². The highest BCUT2D eigenvalue weighted by molar-refractivity contribution is 6.30. The molecular formula is C28H18ClF2NO2. The molecule has 34 heavy (non-hydrogen) atoms. The van der Waals surface area contributed by atoms with E-state index in [9.17, 15) is 18.7 Å². The van der Waals surface area contributed by atoms with Crippen molar-refractivity contribution in [1.82, 2.24) is 4.98 Å². The van der Waals surface area contributed by atoms with Crippen LogP contribution in [0.25, 0.3) is 33.2 Å². The van der Waals surface area contributed by atoms with Gasteiger partial charge in [-0.1, -0.05) is 60.1 Å². The molecule has 6 heteroatoms. The molecule has 2 N–H and O–H groups in total. The summed E-state index contributed by atoms with van der Waals surface area (Å²) in [5.41, 5.74) is 4.60. The maximum absolute atomic E-state index is 14.0. The van der Waals surface area contributed by atoms with Gasteiger partial charge in [-0.3, -0.25) is 0 Å². The Morgan fingerprint density at radius 2 is 1.53 bits per heavy atom. The number of fused-ring (bicyclic) bond motifs is 1. The Morgan fingerprint density at radius 3 is 2.21 bits per heavy atom. The first-order valence-corrected chi connectivity index (χ1v) is 10.9. The van der Waals surface area contributed by atoms with Crippen LogP contribution in [0.4, 0.5) is 8.78 Å². The smallest absolute Gasteiger partial charge is 0.352 e. The van der Waals surface area contributed by atoms with Gasteiger partial charge in [0.25, 0.3) is 0 Å². The molecule has 0 aliphatic rings. The summed E-state index contributed by atoms with van der Waals surface area (Å²) in [6, 6.07) is 23.6. The van der Waals surface area contributed by atoms with E-state index in [2.05, 4.69) is 4.98 Å². The summed E-state index contributed by atoms with van der Waals surface area (Å²) in [5.74, 6) is -2.47. The van der Waals surface area contributed by atoms with E-state index in [1.165, 1.54) is 12.1 Å². The van der Waals surface area contributed by atoms with Crippen LogP contribution in [0.1, 0.15) is 21.6 Å². The molecule has 0 saturated heterocycles. The number of aromatic nitrogens is 1. The van der Waals surface area contributed by atoms with Crippen LogP contribution < -0.4 is 0 Å². The molecule has 0 atom stereocenters. The summed E-state index contributed by atoms with van der Waals surface area (Å²) in [4.78, 5) is 15.2. The second-order valence-corrected chi connectivity index (χ2v) is 8.51. The molecule has 0 aliphatic carbocycles. The number of benzene rings is 4. The minimum atomic E-state index is -1.10. The van der Waals surface area contributed by atoms with E-state index < -0.39 is 17.6 Å². The van der Waals surface area contributed by atoms with E-state index in [-0.39, 0.29) is 5.69 Å². The fraction of sp³-hybridized carbons (Fsp3) is 0.0357. The first-order chi connectivity index (χ1) is 16.4. The summed E-state index contributed by atoms with van der Waals surface area (Å²) >= 11 is 6.20. The van der Waals surface area contributed by atoms with Gasteiger partial charge in [0.2, 0.25) is 0 Å². The van der Waals surface area contributed by atoms with Crippen molar-refractivity contribution in [3.05, 3.63) is 118 Å². The highest BCUT2D eigenvalue weighted by Crippen LogP contribution is 2.38. The van der Waals surface area contributed by atoms with Crippen molar-refractivity contribution in [2.45, 2.75) is 6.42 Å². The highest BCUT2D eigenvalue weighted by Gasteiger charge is 2.22. The van der Waals surface area contributed by atoms with Crippen molar-refractivity contribution in [3.8, 4) is 22.3 Å². The molecule has 0 aliphatic heterocycles. The molecular weight excluding hydrogens is 456 g/mol. The number of aromatic carboxylic acids is 1. The number of halogens is 3. The fourth-order valence-corrected chi connectivity index (χ4v) is 4.58. The Bertz CT molecular complexity index is 1520. The Kier molecular flexibility index (Phi) is 5.64. The Labute approximate surface area is 199 Å². The van der Waals surface area contributed by atoms with Gasteiger partial charge in [-0.05, 0) is 64.6 Å². The molecule has 0 radical (unpaired) electrons. The Morgan fingerprint density at radius 1 is 0.824 bits per heavy atom. The van der Waals surface area contributed by atoms with Crippen molar-refractivity contribution in [1.29, 1.82) is 0 Å². The molecule has 0 saturated carbocycles. The molecule has 0 spiro atoms. The number of rotatable bonds is 5. The minimum absolute atomic E-state index is 0.0520. The number of H-pyrrole nitrogens is 1.